The summed E-state index contributed by atoms with van der Waals surface area (Å²) in [5, 5.41) is 5.43. The predicted octanol–water partition coefficient (Wildman–Crippen LogP) is 4.69. The summed E-state index contributed by atoms with van der Waals surface area (Å²) in [4.78, 5) is 18.0. The van der Waals surface area contributed by atoms with E-state index >= 15 is 0 Å². The van der Waals surface area contributed by atoms with Gasteiger partial charge in [0.1, 0.15) is 11.4 Å². The number of hydrogen-bond acceptors (Lipinski definition) is 4. The maximum absolute atomic E-state index is 13.2. The minimum absolute atomic E-state index is 0.107. The number of halogens is 1. The van der Waals surface area contributed by atoms with E-state index in [4.69, 9.17) is 4.98 Å². The Bertz CT molecular complexity index is 1200. The second-order valence-electron chi connectivity index (χ2n) is 7.47. The molecular weight excluding hydrogens is 399 g/mol. The Morgan fingerprint density at radius 2 is 1.80 bits per heavy atom. The van der Waals surface area contributed by atoms with Crippen LogP contribution in [0.2, 0.25) is 0 Å². The third-order valence-electron chi connectivity index (χ3n) is 5.45. The highest BCUT2D eigenvalue weighted by Gasteiger charge is 2.27. The lowest BCUT2D eigenvalue weighted by Crippen LogP contribution is -2.19. The summed E-state index contributed by atoms with van der Waals surface area (Å²) in [7, 11) is 0. The molecule has 5 nitrogen and oxygen atoms in total. The zero-order chi connectivity index (χ0) is 20.5. The first-order valence-electron chi connectivity index (χ1n) is 10.2. The molecule has 2 aromatic rings. The molecule has 0 saturated carbocycles. The SMILES string of the molecule is O=c1c2c3n(c(SCc4ccc(F)cc4)nc-2nn1-c1ccccc1)CCCCC3. The molecule has 0 aromatic heterocycles. The quantitative estimate of drug-likeness (QED) is 0.355. The van der Waals surface area contributed by atoms with Gasteiger partial charge >= 0.3 is 0 Å². The van der Waals surface area contributed by atoms with E-state index in [1.807, 2.05) is 30.3 Å². The summed E-state index contributed by atoms with van der Waals surface area (Å²) in [6, 6.07) is 16.0. The lowest BCUT2D eigenvalue weighted by atomic mass is 10.1. The third kappa shape index (κ3) is 3.54. The average Bonchev–Trinajstić information content (AvgIpc) is 2.94. The van der Waals surface area contributed by atoms with E-state index in [0.717, 1.165) is 54.3 Å². The Morgan fingerprint density at radius 1 is 1.00 bits per heavy atom. The lowest BCUT2D eigenvalue weighted by Gasteiger charge is -2.17. The van der Waals surface area contributed by atoms with Gasteiger partial charge < -0.3 is 4.57 Å². The minimum Gasteiger partial charge on any atom is -0.324 e. The average molecular weight is 421 g/mol. The summed E-state index contributed by atoms with van der Waals surface area (Å²) in [6.07, 6.45) is 4.10. The molecule has 0 bridgehead atoms. The lowest BCUT2D eigenvalue weighted by molar-refractivity contribution is 0.571. The van der Waals surface area contributed by atoms with Gasteiger partial charge in [0.05, 0.1) is 5.69 Å². The smallest absolute Gasteiger partial charge is 0.284 e. The number of thioether (sulfide) groups is 1. The molecule has 2 aromatic carbocycles. The van der Waals surface area contributed by atoms with Crippen LogP contribution < -0.4 is 5.56 Å². The standard InChI is InChI=1S/C23H21FN4OS/c24-17-12-10-16(11-13-17)15-30-23-25-21-20(19-9-5-2-6-14-27(19)23)22(29)28(26-21)18-7-3-1-4-8-18/h1,3-4,7-8,10-13H,2,5-6,9,14-15H2. The van der Waals surface area contributed by atoms with Crippen molar-refractivity contribution in [3.05, 3.63) is 82.0 Å². The molecule has 7 heteroatoms. The van der Waals surface area contributed by atoms with Gasteiger partial charge in [0.25, 0.3) is 5.56 Å². The molecule has 3 aliphatic heterocycles. The number of aromatic nitrogens is 4. The van der Waals surface area contributed by atoms with Gasteiger partial charge in [-0.25, -0.2) is 9.37 Å². The van der Waals surface area contributed by atoms with Crippen molar-refractivity contribution in [2.24, 2.45) is 0 Å². The van der Waals surface area contributed by atoms with Crippen molar-refractivity contribution < 1.29 is 4.39 Å². The highest BCUT2D eigenvalue weighted by Crippen LogP contribution is 2.31. The zero-order valence-electron chi connectivity index (χ0n) is 16.4. The van der Waals surface area contributed by atoms with E-state index < -0.39 is 0 Å². The molecule has 5 rings (SSSR count). The molecule has 30 heavy (non-hydrogen) atoms. The molecule has 0 N–H and O–H groups in total. The predicted molar refractivity (Wildman–Crippen MR) is 116 cm³/mol. The number of rotatable bonds is 4. The number of para-hydroxylation sites is 1. The van der Waals surface area contributed by atoms with Gasteiger partial charge in [-0.1, -0.05) is 48.5 Å². The molecular formula is C23H21FN4OS. The van der Waals surface area contributed by atoms with Gasteiger partial charge in [-0.3, -0.25) is 4.79 Å². The molecule has 3 aliphatic rings. The minimum atomic E-state index is -0.235. The van der Waals surface area contributed by atoms with Crippen molar-refractivity contribution in [3.8, 4) is 17.1 Å². The molecule has 0 saturated heterocycles. The van der Waals surface area contributed by atoms with Crippen LogP contribution in [-0.4, -0.2) is 19.3 Å². The maximum atomic E-state index is 13.2. The van der Waals surface area contributed by atoms with Crippen LogP contribution in [0.1, 0.15) is 30.5 Å². The summed E-state index contributed by atoms with van der Waals surface area (Å²) in [5.41, 5.74) is 3.33. The van der Waals surface area contributed by atoms with Crippen molar-refractivity contribution in [2.75, 3.05) is 0 Å². The van der Waals surface area contributed by atoms with Gasteiger partial charge in [-0.05, 0) is 49.1 Å². The second kappa shape index (κ2) is 8.07. The van der Waals surface area contributed by atoms with Crippen molar-refractivity contribution in [1.29, 1.82) is 0 Å². The van der Waals surface area contributed by atoms with Gasteiger partial charge in [-0.15, -0.1) is 5.10 Å². The molecule has 0 unspecified atom stereocenters. The van der Waals surface area contributed by atoms with Gasteiger partial charge in [-0.2, -0.15) is 4.68 Å². The second-order valence-corrected chi connectivity index (χ2v) is 8.41. The monoisotopic (exact) mass is 420 g/mol. The highest BCUT2D eigenvalue weighted by molar-refractivity contribution is 7.98. The summed E-state index contributed by atoms with van der Waals surface area (Å²) in [5.74, 6) is 0.946. The van der Waals surface area contributed by atoms with Crippen LogP contribution in [0, 0.1) is 5.82 Å². The van der Waals surface area contributed by atoms with Crippen molar-refractivity contribution >= 4 is 11.8 Å². The first-order valence-corrected chi connectivity index (χ1v) is 11.1. The Labute approximate surface area is 177 Å². The summed E-state index contributed by atoms with van der Waals surface area (Å²) >= 11 is 1.61. The molecule has 3 heterocycles. The Kier molecular flexibility index (Phi) is 5.12. The van der Waals surface area contributed by atoms with Crippen LogP contribution >= 0.6 is 11.8 Å². The largest absolute Gasteiger partial charge is 0.324 e. The fourth-order valence-corrected chi connectivity index (χ4v) is 4.93. The molecule has 0 aliphatic carbocycles. The zero-order valence-corrected chi connectivity index (χ0v) is 17.2. The van der Waals surface area contributed by atoms with Crippen LogP contribution in [0.25, 0.3) is 17.1 Å². The topological polar surface area (TPSA) is 52.7 Å². The van der Waals surface area contributed by atoms with Gasteiger partial charge in [0, 0.05) is 18.0 Å². The van der Waals surface area contributed by atoms with Crippen LogP contribution in [0.5, 0.6) is 0 Å². The van der Waals surface area contributed by atoms with Crippen LogP contribution in [0.3, 0.4) is 0 Å². The Hall–Kier alpha value is -2.93. The van der Waals surface area contributed by atoms with E-state index in [2.05, 4.69) is 9.67 Å². The number of nitrogens with zero attached hydrogens (tertiary/aromatic N) is 4. The van der Waals surface area contributed by atoms with Crippen LogP contribution in [-0.2, 0) is 18.7 Å². The summed E-state index contributed by atoms with van der Waals surface area (Å²) in [6.45, 7) is 0.847. The van der Waals surface area contributed by atoms with E-state index in [1.54, 1.807) is 23.9 Å². The first kappa shape index (κ1) is 19.1. The van der Waals surface area contributed by atoms with Crippen LogP contribution in [0.4, 0.5) is 4.39 Å². The van der Waals surface area contributed by atoms with Crippen molar-refractivity contribution in [1.82, 2.24) is 19.3 Å². The normalized spacial score (nSPS) is 13.9. The molecule has 152 valence electrons. The molecule has 0 radical (unpaired) electrons. The van der Waals surface area contributed by atoms with Gasteiger partial charge in [0.15, 0.2) is 11.0 Å². The molecule has 0 fully saturated rings. The number of benzene rings is 2. The van der Waals surface area contributed by atoms with Gasteiger partial charge in [0.2, 0.25) is 0 Å². The first-order chi connectivity index (χ1) is 14.7. The van der Waals surface area contributed by atoms with E-state index in [-0.39, 0.29) is 11.4 Å². The van der Waals surface area contributed by atoms with E-state index in [1.165, 1.54) is 16.8 Å². The van der Waals surface area contributed by atoms with Crippen LogP contribution in [0.15, 0.2) is 64.5 Å². The Morgan fingerprint density at radius 3 is 2.60 bits per heavy atom. The van der Waals surface area contributed by atoms with E-state index in [9.17, 15) is 9.18 Å². The fraction of sp³-hybridized carbons (Fsp3) is 0.261. The number of fused-ring (bicyclic) bond motifs is 3. The van der Waals surface area contributed by atoms with E-state index in [0.29, 0.717) is 17.1 Å². The molecule has 0 amide bonds. The van der Waals surface area contributed by atoms with Crippen molar-refractivity contribution in [3.63, 3.8) is 0 Å². The third-order valence-corrected chi connectivity index (χ3v) is 6.50. The Balaban J connectivity index is 1.60. The number of hydrogen-bond donors (Lipinski definition) is 0. The van der Waals surface area contributed by atoms with Crippen molar-refractivity contribution in [2.45, 2.75) is 43.1 Å². The highest BCUT2D eigenvalue weighted by atomic mass is 32.2. The molecule has 0 spiro atoms. The summed E-state index contributed by atoms with van der Waals surface area (Å²) < 4.78 is 16.9. The fourth-order valence-electron chi connectivity index (χ4n) is 3.94. The maximum Gasteiger partial charge on any atom is 0.284 e. The molecule has 0 atom stereocenters.